The van der Waals surface area contributed by atoms with Crippen LogP contribution in [0.1, 0.15) is 194 Å². The van der Waals surface area contributed by atoms with E-state index in [0.717, 1.165) is 216 Å². The number of ether oxygens (including phenoxy) is 6. The van der Waals surface area contributed by atoms with Gasteiger partial charge >= 0.3 is 0 Å². The molecule has 7 unspecified atom stereocenters. The van der Waals surface area contributed by atoms with Crippen molar-refractivity contribution in [2.75, 3.05) is 98.9 Å². The summed E-state index contributed by atoms with van der Waals surface area (Å²) in [5.74, 6) is 3.78. The first-order valence-electron chi connectivity index (χ1n) is 42.7. The molecule has 16 atom stereocenters. The van der Waals surface area contributed by atoms with Gasteiger partial charge in [0.15, 0.2) is 34.5 Å². The molecule has 0 amide bonds. The van der Waals surface area contributed by atoms with Crippen LogP contribution >= 0.6 is 0 Å². The minimum absolute atomic E-state index is 0.00243. The SMILES string of the molecule is C=CCN1CC[C@]23c4c5ccc(O)c4OC2C(C)CC[C@@]3(O)[C@H]1C5.C=CCN1CC[C@]23c4c5ccc(O)c4OC2C(NCCCC)CC[C@@]3(O)[C@H]1C5.C=CCN1CC[C@]23c4c5ccc(O)c4OC2C(NCCCCCCOCCOCCN(C)CCC(Oc2ccc(C)cc2)c2ccccc2)CC[C@@]3(O)[C@H]1C5.CCCC. The summed E-state index contributed by atoms with van der Waals surface area (Å²) in [7, 11) is 2.14. The number of aromatic hydroxyl groups is 3. The van der Waals surface area contributed by atoms with Gasteiger partial charge < -0.3 is 74.6 Å². The maximum absolute atomic E-state index is 12.5. The van der Waals surface area contributed by atoms with Crippen LogP contribution in [0.3, 0.4) is 0 Å². The fourth-order valence-electron chi connectivity index (χ4n) is 22.9. The molecule has 6 aliphatic carbocycles. The number of benzene rings is 5. The fraction of sp³-hybridized carbons (Fsp3) is 0.613. The molecule has 17 rings (SSSR count). The normalized spacial score (nSPS) is 31.7. The van der Waals surface area contributed by atoms with Gasteiger partial charge in [-0.3, -0.25) is 14.7 Å². The molecule has 0 radical (unpaired) electrons. The Labute approximate surface area is 661 Å². The molecule has 3 saturated carbocycles. The Morgan fingerprint density at radius 2 is 0.955 bits per heavy atom. The average molecular weight is 1520 g/mol. The summed E-state index contributed by atoms with van der Waals surface area (Å²) in [4.78, 5) is 9.49. The highest BCUT2D eigenvalue weighted by atomic mass is 16.5. The Kier molecular flexibility index (Phi) is 25.2. The van der Waals surface area contributed by atoms with Gasteiger partial charge in [0.2, 0.25) is 0 Å². The van der Waals surface area contributed by atoms with Gasteiger partial charge in [0, 0.05) is 92.7 Å². The molecular weight excluding hydrogens is 1390 g/mol. The lowest BCUT2D eigenvalue weighted by Gasteiger charge is -2.64. The predicted octanol–water partition coefficient (Wildman–Crippen LogP) is 13.4. The van der Waals surface area contributed by atoms with Crippen LogP contribution in [0.2, 0.25) is 0 Å². The van der Waals surface area contributed by atoms with Gasteiger partial charge in [-0.25, -0.2) is 0 Å². The summed E-state index contributed by atoms with van der Waals surface area (Å²) in [6, 6.07) is 30.7. The Morgan fingerprint density at radius 3 is 1.42 bits per heavy atom. The zero-order valence-corrected chi connectivity index (χ0v) is 67.5. The summed E-state index contributed by atoms with van der Waals surface area (Å²) in [6.07, 6.45) is 25.7. The molecule has 8 N–H and O–H groups in total. The molecule has 18 heteroatoms. The number of piperidine rings is 3. The van der Waals surface area contributed by atoms with Crippen LogP contribution < -0.4 is 29.6 Å². The van der Waals surface area contributed by atoms with Crippen LogP contribution in [0.25, 0.3) is 0 Å². The third-order valence-electron chi connectivity index (χ3n) is 28.4. The molecule has 18 nitrogen and oxygen atoms in total. The van der Waals surface area contributed by atoms with Crippen LogP contribution in [-0.4, -0.2) is 214 Å². The van der Waals surface area contributed by atoms with Crippen LogP contribution in [0.15, 0.2) is 129 Å². The largest absolute Gasteiger partial charge is 0.504 e. The zero-order valence-electron chi connectivity index (χ0n) is 67.5. The van der Waals surface area contributed by atoms with E-state index in [1.54, 1.807) is 18.2 Å². The highest BCUT2D eigenvalue weighted by Gasteiger charge is 2.76. The maximum Gasteiger partial charge on any atom is 0.165 e. The lowest BCUT2D eigenvalue weighted by atomic mass is 9.47. The number of nitrogens with zero attached hydrogens (tertiary/aromatic N) is 4. The Balaban J connectivity index is 0.000000151. The summed E-state index contributed by atoms with van der Waals surface area (Å²) in [5, 5.41) is 76.1. The third-order valence-corrected chi connectivity index (χ3v) is 28.4. The van der Waals surface area contributed by atoms with Gasteiger partial charge in [0.25, 0.3) is 0 Å². The van der Waals surface area contributed by atoms with Gasteiger partial charge in [-0.2, -0.15) is 0 Å². The van der Waals surface area contributed by atoms with Crippen LogP contribution in [-0.2, 0) is 45.0 Å². The predicted molar refractivity (Wildman–Crippen MR) is 438 cm³/mol. The number of hydrogen-bond donors (Lipinski definition) is 8. The molecule has 6 fully saturated rings. The van der Waals surface area contributed by atoms with E-state index in [1.165, 1.54) is 40.7 Å². The first-order chi connectivity index (χ1) is 53.8. The number of likely N-dealkylation sites (tertiary alicyclic amines) is 3. The number of phenolic OH excluding ortho intramolecular Hbond substituents is 3. The quantitative estimate of drug-likeness (QED) is 0.0153. The maximum atomic E-state index is 12.5. The Bertz CT molecular complexity index is 4010. The summed E-state index contributed by atoms with van der Waals surface area (Å²) in [5.41, 5.74) is 5.60. The molecular formula is C93H130N6O12. The first kappa shape index (κ1) is 81.1. The smallest absolute Gasteiger partial charge is 0.165 e. The first-order valence-corrected chi connectivity index (χ1v) is 42.7. The van der Waals surface area contributed by atoms with Gasteiger partial charge in [-0.05, 0) is 202 Å². The number of aliphatic hydroxyl groups is 3. The highest BCUT2D eigenvalue weighted by Crippen LogP contribution is 2.69. The van der Waals surface area contributed by atoms with Crippen molar-refractivity contribution in [2.45, 2.75) is 257 Å². The van der Waals surface area contributed by atoms with Crippen LogP contribution in [0.5, 0.6) is 40.2 Å². The molecule has 6 heterocycles. The lowest BCUT2D eigenvalue weighted by molar-refractivity contribution is -0.194. The van der Waals surface area contributed by atoms with Crippen molar-refractivity contribution in [1.82, 2.24) is 30.2 Å². The van der Waals surface area contributed by atoms with Crippen molar-refractivity contribution in [3.63, 3.8) is 0 Å². The van der Waals surface area contributed by atoms with Gasteiger partial charge in [0.05, 0.1) is 52.9 Å². The van der Waals surface area contributed by atoms with E-state index >= 15 is 0 Å². The minimum Gasteiger partial charge on any atom is -0.504 e. The fourth-order valence-corrected chi connectivity index (χ4v) is 22.9. The summed E-state index contributed by atoms with van der Waals surface area (Å²) < 4.78 is 37.7. The number of hydrogen-bond acceptors (Lipinski definition) is 18. The highest BCUT2D eigenvalue weighted by molar-refractivity contribution is 5.65. The number of unbranched alkanes of at least 4 members (excludes halogenated alkanes) is 5. The molecule has 3 saturated heterocycles. The Hall–Kier alpha value is -6.52. The molecule has 5 aromatic rings. The lowest BCUT2D eigenvalue weighted by Crippen LogP contribution is -2.78. The number of phenols is 3. The van der Waals surface area contributed by atoms with Crippen molar-refractivity contribution in [1.29, 1.82) is 0 Å². The van der Waals surface area contributed by atoms with Gasteiger partial charge in [0.1, 0.15) is 30.2 Å². The van der Waals surface area contributed by atoms with E-state index in [1.807, 2.05) is 54.6 Å². The second-order valence-corrected chi connectivity index (χ2v) is 34.5. The summed E-state index contributed by atoms with van der Waals surface area (Å²) >= 11 is 0. The average Bonchev–Trinajstić information content (AvgIpc) is 1.57. The molecule has 111 heavy (non-hydrogen) atoms. The Morgan fingerprint density at radius 1 is 0.514 bits per heavy atom. The molecule has 604 valence electrons. The molecule has 0 aromatic heterocycles. The molecule has 6 aliphatic heterocycles. The zero-order chi connectivity index (χ0) is 77.9. The van der Waals surface area contributed by atoms with E-state index in [9.17, 15) is 30.6 Å². The second-order valence-electron chi connectivity index (χ2n) is 34.5. The number of aryl methyl sites for hydroxylation is 1. The van der Waals surface area contributed by atoms with Crippen molar-refractivity contribution < 1.29 is 59.1 Å². The van der Waals surface area contributed by atoms with Crippen molar-refractivity contribution >= 4 is 0 Å². The summed E-state index contributed by atoms with van der Waals surface area (Å²) in [6.45, 7) is 34.2. The number of rotatable bonds is 31. The molecule has 12 aliphatic rings. The van der Waals surface area contributed by atoms with Crippen molar-refractivity contribution in [2.24, 2.45) is 5.92 Å². The number of likely N-dealkylation sites (N-methyl/N-ethyl adjacent to an activating group) is 1. The van der Waals surface area contributed by atoms with Crippen LogP contribution in [0, 0.1) is 12.8 Å². The topological polar surface area (TPSA) is 214 Å². The van der Waals surface area contributed by atoms with Crippen molar-refractivity contribution in [3.05, 3.63) is 173 Å². The minimum atomic E-state index is -0.880. The van der Waals surface area contributed by atoms with Gasteiger partial charge in [-0.15, -0.1) is 19.7 Å². The van der Waals surface area contributed by atoms with E-state index in [2.05, 4.69) is 128 Å². The molecule has 5 aromatic carbocycles. The van der Waals surface area contributed by atoms with E-state index < -0.39 is 27.6 Å². The second kappa shape index (κ2) is 34.5. The standard InChI is InChI=1S/C46H63N3O6.C23H32N2O3.C20H25NO3.C4H10/c1-4-25-49-27-23-45-42-36-16-19-39(50)43(42)55-44(45)38(20-22-46(45,51)41(49)33-36)47-24-10-5-6-11-29-52-31-32-53-30-28-48(3)26-21-40(35-12-8-7-9-13-35)54-37-17-14-34(2)15-18-37;1-3-5-11-24-16-8-9-23(27)18-14-15-6-7-17(26)20-19(15)22(23,21(16)28-20)10-13-25(18)12-4-2;1-3-9-21-10-8-19-16-13-4-5-14(22)17(16)24-18(19)12(2)6-7-20(19,23)15(21)11-13;1-3-4-2/h4,7-9,12-19,38,40-41,44,47,50-51H,1,5-6,10-11,20-33H2,2-3H3;4,6-7,16,18,21,24,26-27H,2-3,5,8-14H2,1H3;3-5,12,15,18,22-23H,1,6-11H2,2H3;3-4H2,1-2H3/t38?,40?,41-,44?,45+,46-;16?,18-,21?,22+,23-;12?,15-,18?,19+,20-;/m111./s1. The molecule has 6 bridgehead atoms. The monoisotopic (exact) mass is 1520 g/mol. The third kappa shape index (κ3) is 14.5. The van der Waals surface area contributed by atoms with E-state index in [4.69, 9.17) is 28.4 Å². The van der Waals surface area contributed by atoms with Crippen LogP contribution in [0.4, 0.5) is 0 Å². The number of nitrogens with one attached hydrogen (secondary N) is 2. The van der Waals surface area contributed by atoms with Crippen molar-refractivity contribution in [3.8, 4) is 40.2 Å². The van der Waals surface area contributed by atoms with E-state index in [-0.39, 0.29) is 77.3 Å². The molecule has 3 spiro atoms. The van der Waals surface area contributed by atoms with E-state index in [0.29, 0.717) is 43.0 Å². The van der Waals surface area contributed by atoms with Gasteiger partial charge in [-0.1, -0.05) is 144 Å².